The first kappa shape index (κ1) is 29.8. The Morgan fingerprint density at radius 1 is 1.00 bits per heavy atom. The van der Waals surface area contributed by atoms with E-state index in [-0.39, 0.29) is 33.3 Å². The highest BCUT2D eigenvalue weighted by molar-refractivity contribution is 6.31. The predicted octanol–water partition coefficient (Wildman–Crippen LogP) is 7.58. The van der Waals surface area contributed by atoms with Crippen LogP contribution in [0.3, 0.4) is 0 Å². The number of halogens is 3. The van der Waals surface area contributed by atoms with Crippen LogP contribution < -0.4 is 15.6 Å². The minimum atomic E-state index is -0.704. The Morgan fingerprint density at radius 3 is 2.53 bits per heavy atom. The molecule has 2 heterocycles. The number of nitro groups is 1. The highest BCUT2D eigenvalue weighted by Gasteiger charge is 2.23. The molecular weight excluding hydrogens is 645 g/mol. The van der Waals surface area contributed by atoms with Crippen LogP contribution in [0.5, 0.6) is 5.75 Å². The molecule has 224 valence electrons. The second-order valence-electron chi connectivity index (χ2n) is 9.55. The molecule has 0 aliphatic heterocycles. The van der Waals surface area contributed by atoms with E-state index >= 15 is 0 Å². The number of aromatic nitrogens is 2. The summed E-state index contributed by atoms with van der Waals surface area (Å²) in [6, 6.07) is 22.2. The maximum atomic E-state index is 13.7. The molecule has 11 nitrogen and oxygen atoms in total. The lowest BCUT2D eigenvalue weighted by Gasteiger charge is -2.11. The molecule has 2 aromatic heterocycles. The minimum Gasteiger partial charge on any atom is -0.476 e. The van der Waals surface area contributed by atoms with Crippen molar-refractivity contribution in [3.05, 3.63) is 126 Å². The quantitative estimate of drug-likeness (QED) is 0.101. The molecule has 14 heteroatoms. The van der Waals surface area contributed by atoms with Gasteiger partial charge >= 0.3 is 5.69 Å². The lowest BCUT2D eigenvalue weighted by molar-refractivity contribution is -0.385. The number of carbonyl (C=O) groups is 1. The molecule has 0 spiro atoms. The Kier molecular flexibility index (Phi) is 8.22. The molecule has 0 saturated heterocycles. The third-order valence-corrected chi connectivity index (χ3v) is 7.21. The van der Waals surface area contributed by atoms with E-state index in [0.717, 1.165) is 17.0 Å². The van der Waals surface area contributed by atoms with Crippen molar-refractivity contribution in [3.8, 4) is 17.3 Å². The fraction of sp³-hybridized carbons (Fsp3) is 0.0323. The Labute approximate surface area is 268 Å². The van der Waals surface area contributed by atoms with Gasteiger partial charge in [0.15, 0.2) is 12.4 Å². The van der Waals surface area contributed by atoms with Gasteiger partial charge in [0.2, 0.25) is 11.6 Å². The van der Waals surface area contributed by atoms with Crippen molar-refractivity contribution in [2.75, 3.05) is 11.9 Å². The summed E-state index contributed by atoms with van der Waals surface area (Å²) in [4.78, 5) is 42.1. The number of nitrogens with one attached hydrogen (secondary N) is 1. The van der Waals surface area contributed by atoms with Crippen molar-refractivity contribution < 1.29 is 18.9 Å². The first-order valence-electron chi connectivity index (χ1n) is 13.1. The normalized spacial score (nSPS) is 11.4. The number of benzene rings is 4. The fourth-order valence-electron chi connectivity index (χ4n) is 4.49. The molecule has 0 bridgehead atoms. The smallest absolute Gasteiger partial charge is 0.313 e. The summed E-state index contributed by atoms with van der Waals surface area (Å²) >= 11 is 18.2. The summed E-state index contributed by atoms with van der Waals surface area (Å²) < 4.78 is 12.6. The van der Waals surface area contributed by atoms with Gasteiger partial charge in [0.25, 0.3) is 11.5 Å². The standard InChI is InChI=1S/C31H18Cl3N5O6/c32-19-5-8-22(9-6-19)36-28(40)16-44-29-18(12-21(34)14-25(29)39(42)43)15-35-38-30(37-24-4-2-1-3-23(24)31(38)41)27-13-17-11-20(33)7-10-26(17)45-27/h1-15H,16H2,(H,36,40). The number of furan rings is 1. The minimum absolute atomic E-state index is 0.000476. The molecule has 45 heavy (non-hydrogen) atoms. The Balaban J connectivity index is 1.42. The van der Waals surface area contributed by atoms with Crippen molar-refractivity contribution in [2.24, 2.45) is 5.10 Å². The van der Waals surface area contributed by atoms with Gasteiger partial charge in [-0.25, -0.2) is 4.98 Å². The van der Waals surface area contributed by atoms with Gasteiger partial charge in [-0.05, 0) is 66.7 Å². The van der Waals surface area contributed by atoms with Gasteiger partial charge < -0.3 is 14.5 Å². The first-order chi connectivity index (χ1) is 21.7. The van der Waals surface area contributed by atoms with Gasteiger partial charge in [-0.3, -0.25) is 19.7 Å². The lowest BCUT2D eigenvalue weighted by Crippen LogP contribution is -2.21. The Hall–Kier alpha value is -5.23. The number of hydrogen-bond acceptors (Lipinski definition) is 8. The SMILES string of the molecule is O=C(COc1c(C=Nn2c(-c3cc4cc(Cl)ccc4o3)nc3ccccc3c2=O)cc(Cl)cc1[N+](=O)[O-])Nc1ccc(Cl)cc1. The predicted molar refractivity (Wildman–Crippen MR) is 173 cm³/mol. The van der Waals surface area contributed by atoms with Crippen molar-refractivity contribution >= 4 is 80.2 Å². The van der Waals surface area contributed by atoms with E-state index in [1.807, 2.05) is 0 Å². The highest BCUT2D eigenvalue weighted by Crippen LogP contribution is 2.34. The van der Waals surface area contributed by atoms with E-state index in [1.165, 1.54) is 6.07 Å². The van der Waals surface area contributed by atoms with Crippen LogP contribution in [0.2, 0.25) is 15.1 Å². The molecule has 0 saturated carbocycles. The van der Waals surface area contributed by atoms with Crippen molar-refractivity contribution in [2.45, 2.75) is 0 Å². The Morgan fingerprint density at radius 2 is 1.76 bits per heavy atom. The fourth-order valence-corrected chi connectivity index (χ4v) is 5.02. The molecule has 6 rings (SSSR count). The summed E-state index contributed by atoms with van der Waals surface area (Å²) in [7, 11) is 0. The average Bonchev–Trinajstić information content (AvgIpc) is 3.44. The van der Waals surface area contributed by atoms with Gasteiger partial charge in [0.1, 0.15) is 5.58 Å². The number of fused-ring (bicyclic) bond motifs is 2. The maximum absolute atomic E-state index is 13.7. The van der Waals surface area contributed by atoms with Gasteiger partial charge in [-0.15, -0.1) is 0 Å². The van der Waals surface area contributed by atoms with E-state index in [9.17, 15) is 19.7 Å². The van der Waals surface area contributed by atoms with Crippen LogP contribution in [0, 0.1) is 10.1 Å². The lowest BCUT2D eigenvalue weighted by atomic mass is 10.2. The summed E-state index contributed by atoms with van der Waals surface area (Å²) in [5.41, 5.74) is 0.329. The zero-order valence-electron chi connectivity index (χ0n) is 22.7. The van der Waals surface area contributed by atoms with Crippen LogP contribution >= 0.6 is 34.8 Å². The van der Waals surface area contributed by atoms with Crippen molar-refractivity contribution in [1.29, 1.82) is 0 Å². The van der Waals surface area contributed by atoms with E-state index in [1.54, 1.807) is 72.8 Å². The number of ether oxygens (including phenoxy) is 1. The van der Waals surface area contributed by atoms with E-state index in [4.69, 9.17) is 44.0 Å². The Bertz CT molecular complexity index is 2210. The molecule has 6 aromatic rings. The van der Waals surface area contributed by atoms with Crippen LogP contribution in [0.15, 0.2) is 99.2 Å². The highest BCUT2D eigenvalue weighted by atomic mass is 35.5. The maximum Gasteiger partial charge on any atom is 0.313 e. The third kappa shape index (κ3) is 6.36. The molecular formula is C31H18Cl3N5O6. The zero-order chi connectivity index (χ0) is 31.7. The summed E-state index contributed by atoms with van der Waals surface area (Å²) in [6.45, 7) is -0.587. The van der Waals surface area contributed by atoms with Gasteiger partial charge in [-0.2, -0.15) is 9.78 Å². The zero-order valence-corrected chi connectivity index (χ0v) is 25.0. The van der Waals surface area contributed by atoms with Crippen LogP contribution in [0.25, 0.3) is 33.5 Å². The van der Waals surface area contributed by atoms with Crippen LogP contribution in [-0.2, 0) is 4.79 Å². The number of amides is 1. The molecule has 0 radical (unpaired) electrons. The molecule has 0 unspecified atom stereocenters. The van der Waals surface area contributed by atoms with E-state index in [0.29, 0.717) is 32.2 Å². The number of carbonyl (C=O) groups excluding carboxylic acids is 1. The average molecular weight is 663 g/mol. The van der Waals surface area contributed by atoms with E-state index < -0.39 is 28.7 Å². The molecule has 0 aliphatic rings. The van der Waals surface area contributed by atoms with Crippen molar-refractivity contribution in [1.82, 2.24) is 9.66 Å². The topological polar surface area (TPSA) is 142 Å². The molecule has 0 atom stereocenters. The number of para-hydroxylation sites is 1. The van der Waals surface area contributed by atoms with Gasteiger partial charge in [0.05, 0.1) is 22.0 Å². The number of nitrogens with zero attached hydrogens (tertiary/aromatic N) is 4. The number of rotatable bonds is 8. The van der Waals surface area contributed by atoms with E-state index in [2.05, 4.69) is 15.4 Å². The third-order valence-electron chi connectivity index (χ3n) is 6.50. The van der Waals surface area contributed by atoms with Crippen LogP contribution in [-0.4, -0.2) is 33.3 Å². The monoisotopic (exact) mass is 661 g/mol. The number of hydrogen-bond donors (Lipinski definition) is 1. The van der Waals surface area contributed by atoms with Crippen LogP contribution in [0.1, 0.15) is 5.56 Å². The van der Waals surface area contributed by atoms with Crippen molar-refractivity contribution in [3.63, 3.8) is 0 Å². The van der Waals surface area contributed by atoms with Crippen LogP contribution in [0.4, 0.5) is 11.4 Å². The summed E-state index contributed by atoms with van der Waals surface area (Å²) in [5.74, 6) is -0.601. The second kappa shape index (κ2) is 12.4. The first-order valence-corrected chi connectivity index (χ1v) is 14.2. The molecule has 0 fully saturated rings. The van der Waals surface area contributed by atoms with Gasteiger partial charge in [0, 0.05) is 37.8 Å². The summed E-state index contributed by atoms with van der Waals surface area (Å²) in [6.07, 6.45) is 1.16. The summed E-state index contributed by atoms with van der Waals surface area (Å²) in [5, 5.41) is 20.8. The molecule has 4 aromatic carbocycles. The molecule has 1 N–H and O–H groups in total. The molecule has 0 aliphatic carbocycles. The second-order valence-corrected chi connectivity index (χ2v) is 10.9. The number of anilines is 1. The molecule has 1 amide bonds. The number of nitro benzene ring substituents is 1. The largest absolute Gasteiger partial charge is 0.476 e. The van der Waals surface area contributed by atoms with Gasteiger partial charge in [-0.1, -0.05) is 46.9 Å².